The van der Waals surface area contributed by atoms with Gasteiger partial charge in [-0.25, -0.2) is 0 Å². The lowest BCUT2D eigenvalue weighted by molar-refractivity contribution is 0.709. The molecule has 1 aliphatic rings. The van der Waals surface area contributed by atoms with Gasteiger partial charge in [-0.1, -0.05) is 61.0 Å². The van der Waals surface area contributed by atoms with Gasteiger partial charge < -0.3 is 0 Å². The van der Waals surface area contributed by atoms with Crippen molar-refractivity contribution in [1.82, 2.24) is 0 Å². The highest BCUT2D eigenvalue weighted by atomic mass is 32.2. The molecule has 112 valence electrons. The summed E-state index contributed by atoms with van der Waals surface area (Å²) < 4.78 is 0. The Hall–Kier alpha value is -1.73. The molecule has 0 heterocycles. The fraction of sp³-hybridized carbons (Fsp3) is 0.238. The van der Waals surface area contributed by atoms with Gasteiger partial charge in [-0.3, -0.25) is 0 Å². The lowest BCUT2D eigenvalue weighted by atomic mass is 9.92. The standard InChI is InChI=1S/C21H23S/c1-16-14-17(2)21(18(3)15-16)22(19-10-6-4-7-11-19)20-12-8-5-9-13-20/h4-15,17,21H,1-3H3/q+1. The smallest absolute Gasteiger partial charge is 0.0734 e. The first kappa shape index (κ1) is 15.2. The monoisotopic (exact) mass is 307 g/mol. The Kier molecular flexibility index (Phi) is 4.54. The Bertz CT molecular complexity index is 643. The summed E-state index contributed by atoms with van der Waals surface area (Å²) in [5.41, 5.74) is 2.90. The summed E-state index contributed by atoms with van der Waals surface area (Å²) in [5, 5.41) is 0.550. The van der Waals surface area contributed by atoms with Gasteiger partial charge in [0.15, 0.2) is 15.0 Å². The Balaban J connectivity index is 2.09. The van der Waals surface area contributed by atoms with Crippen LogP contribution >= 0.6 is 0 Å². The lowest BCUT2D eigenvalue weighted by Gasteiger charge is -2.26. The molecule has 0 aliphatic heterocycles. The van der Waals surface area contributed by atoms with Gasteiger partial charge in [0.2, 0.25) is 0 Å². The van der Waals surface area contributed by atoms with E-state index < -0.39 is 0 Å². The van der Waals surface area contributed by atoms with Gasteiger partial charge in [-0.05, 0) is 43.7 Å². The van der Waals surface area contributed by atoms with Crippen molar-refractivity contribution in [3.63, 3.8) is 0 Å². The average molecular weight is 307 g/mol. The summed E-state index contributed by atoms with van der Waals surface area (Å²) in [6.45, 7) is 6.86. The van der Waals surface area contributed by atoms with Crippen LogP contribution in [-0.4, -0.2) is 5.25 Å². The first-order chi connectivity index (χ1) is 10.7. The summed E-state index contributed by atoms with van der Waals surface area (Å²) in [7, 11) is 0.0743. The highest BCUT2D eigenvalue weighted by Crippen LogP contribution is 2.38. The van der Waals surface area contributed by atoms with E-state index in [4.69, 9.17) is 0 Å². The zero-order valence-corrected chi connectivity index (χ0v) is 14.3. The van der Waals surface area contributed by atoms with Gasteiger partial charge in [0, 0.05) is 5.92 Å². The molecule has 1 heteroatoms. The molecule has 0 radical (unpaired) electrons. The molecule has 2 aromatic carbocycles. The number of hydrogen-bond acceptors (Lipinski definition) is 0. The van der Waals surface area contributed by atoms with Crippen LogP contribution in [-0.2, 0) is 10.9 Å². The van der Waals surface area contributed by atoms with Crippen LogP contribution in [0.1, 0.15) is 20.8 Å². The molecular weight excluding hydrogens is 284 g/mol. The molecule has 0 nitrogen and oxygen atoms in total. The molecule has 2 aromatic rings. The largest absolute Gasteiger partial charge is 0.161 e. The predicted octanol–water partition coefficient (Wildman–Crippen LogP) is 5.63. The highest BCUT2D eigenvalue weighted by Gasteiger charge is 2.40. The van der Waals surface area contributed by atoms with E-state index in [1.807, 2.05) is 0 Å². The van der Waals surface area contributed by atoms with Crippen LogP contribution in [0.15, 0.2) is 93.8 Å². The van der Waals surface area contributed by atoms with E-state index in [-0.39, 0.29) is 10.9 Å². The fourth-order valence-corrected chi connectivity index (χ4v) is 6.08. The van der Waals surface area contributed by atoms with Crippen LogP contribution in [0.3, 0.4) is 0 Å². The molecule has 2 atom stereocenters. The molecule has 0 saturated heterocycles. The second kappa shape index (κ2) is 6.58. The van der Waals surface area contributed by atoms with E-state index in [9.17, 15) is 0 Å². The van der Waals surface area contributed by atoms with E-state index >= 15 is 0 Å². The second-order valence-corrected chi connectivity index (χ2v) is 8.17. The van der Waals surface area contributed by atoms with Crippen molar-refractivity contribution >= 4 is 10.9 Å². The van der Waals surface area contributed by atoms with Crippen molar-refractivity contribution in [3.8, 4) is 0 Å². The van der Waals surface area contributed by atoms with E-state index in [2.05, 4.69) is 93.6 Å². The zero-order chi connectivity index (χ0) is 15.5. The van der Waals surface area contributed by atoms with Crippen LogP contribution in [0, 0.1) is 5.92 Å². The van der Waals surface area contributed by atoms with E-state index in [0.29, 0.717) is 11.2 Å². The summed E-state index contributed by atoms with van der Waals surface area (Å²) >= 11 is 0. The van der Waals surface area contributed by atoms with Crippen LogP contribution in [0.25, 0.3) is 0 Å². The third-order valence-corrected chi connectivity index (χ3v) is 7.02. The SMILES string of the molecule is CC1=CC(C)C([S+](c2ccccc2)c2ccccc2)C(C)=C1. The van der Waals surface area contributed by atoms with Crippen LogP contribution < -0.4 is 0 Å². The Morgan fingerprint density at radius 3 is 1.73 bits per heavy atom. The molecule has 0 bridgehead atoms. The van der Waals surface area contributed by atoms with Crippen molar-refractivity contribution in [1.29, 1.82) is 0 Å². The van der Waals surface area contributed by atoms with Crippen molar-refractivity contribution in [2.24, 2.45) is 5.92 Å². The van der Waals surface area contributed by atoms with Crippen molar-refractivity contribution in [2.75, 3.05) is 0 Å². The molecule has 0 amide bonds. The normalized spacial score (nSPS) is 21.5. The quantitative estimate of drug-likeness (QED) is 0.644. The number of benzene rings is 2. The summed E-state index contributed by atoms with van der Waals surface area (Å²) in [6, 6.07) is 22.0. The third kappa shape index (κ3) is 3.05. The third-order valence-electron chi connectivity index (χ3n) is 4.16. The predicted molar refractivity (Wildman–Crippen MR) is 97.2 cm³/mol. The summed E-state index contributed by atoms with van der Waals surface area (Å²) in [4.78, 5) is 2.87. The molecule has 0 aromatic heterocycles. The van der Waals surface area contributed by atoms with E-state index in [1.54, 1.807) is 0 Å². The van der Waals surface area contributed by atoms with Crippen LogP contribution in [0.2, 0.25) is 0 Å². The molecule has 3 rings (SSSR count). The second-order valence-electron chi connectivity index (χ2n) is 6.04. The maximum Gasteiger partial charge on any atom is 0.161 e. The summed E-state index contributed by atoms with van der Waals surface area (Å²) in [5.74, 6) is 0.564. The van der Waals surface area contributed by atoms with Gasteiger partial charge in [0.1, 0.15) is 0 Å². The van der Waals surface area contributed by atoms with Gasteiger partial charge in [-0.15, -0.1) is 0 Å². The van der Waals surface area contributed by atoms with Gasteiger partial charge >= 0.3 is 0 Å². The van der Waals surface area contributed by atoms with Crippen molar-refractivity contribution < 1.29 is 0 Å². The molecule has 0 fully saturated rings. The first-order valence-electron chi connectivity index (χ1n) is 7.86. The minimum absolute atomic E-state index is 0.0743. The molecule has 0 N–H and O–H groups in total. The Morgan fingerprint density at radius 2 is 1.27 bits per heavy atom. The van der Waals surface area contributed by atoms with Crippen LogP contribution in [0.5, 0.6) is 0 Å². The lowest BCUT2D eigenvalue weighted by Crippen LogP contribution is -2.31. The summed E-state index contributed by atoms with van der Waals surface area (Å²) in [6.07, 6.45) is 4.78. The molecule has 22 heavy (non-hydrogen) atoms. The van der Waals surface area contributed by atoms with Gasteiger partial charge in [-0.2, -0.15) is 0 Å². The average Bonchev–Trinajstić information content (AvgIpc) is 2.52. The minimum Gasteiger partial charge on any atom is -0.0734 e. The first-order valence-corrected chi connectivity index (χ1v) is 9.15. The van der Waals surface area contributed by atoms with E-state index in [0.717, 1.165) is 0 Å². The zero-order valence-electron chi connectivity index (χ0n) is 13.5. The molecule has 2 unspecified atom stereocenters. The maximum absolute atomic E-state index is 2.42. The number of allylic oxidation sites excluding steroid dienone is 3. The van der Waals surface area contributed by atoms with Gasteiger partial charge in [0.05, 0.1) is 10.9 Å². The van der Waals surface area contributed by atoms with Crippen molar-refractivity contribution in [3.05, 3.63) is 84.0 Å². The Labute approximate surface area is 136 Å². The number of rotatable bonds is 3. The minimum atomic E-state index is 0.0743. The van der Waals surface area contributed by atoms with Gasteiger partial charge in [0.25, 0.3) is 0 Å². The van der Waals surface area contributed by atoms with Crippen LogP contribution in [0.4, 0.5) is 0 Å². The number of hydrogen-bond donors (Lipinski definition) is 0. The highest BCUT2D eigenvalue weighted by molar-refractivity contribution is 7.97. The molecule has 1 aliphatic carbocycles. The Morgan fingerprint density at radius 1 is 0.773 bits per heavy atom. The molecule has 0 saturated carbocycles. The topological polar surface area (TPSA) is 0 Å². The van der Waals surface area contributed by atoms with Crippen molar-refractivity contribution in [2.45, 2.75) is 35.8 Å². The molecular formula is C21H23S+. The maximum atomic E-state index is 2.42. The van der Waals surface area contributed by atoms with E-state index in [1.165, 1.54) is 20.9 Å². The fourth-order valence-electron chi connectivity index (χ4n) is 3.37. The molecule has 0 spiro atoms.